The summed E-state index contributed by atoms with van der Waals surface area (Å²) >= 11 is 0. The largest absolute Gasteiger partial charge is 0.399 e. The van der Waals surface area contributed by atoms with Crippen LogP contribution in [-0.4, -0.2) is 19.7 Å². The Morgan fingerprint density at radius 2 is 2.15 bits per heavy atom. The Balaban J connectivity index is 2.08. The van der Waals surface area contributed by atoms with Crippen molar-refractivity contribution >= 4 is 16.7 Å². The number of imidazole rings is 1. The van der Waals surface area contributed by atoms with Crippen LogP contribution < -0.4 is 5.73 Å². The number of nitrogens with zero attached hydrogens (tertiary/aromatic N) is 4. The lowest BCUT2D eigenvalue weighted by atomic mass is 10.3. The summed E-state index contributed by atoms with van der Waals surface area (Å²) in [4.78, 5) is 8.92. The van der Waals surface area contributed by atoms with E-state index in [-0.39, 0.29) is 0 Å². The molecule has 0 atom stereocenters. The molecule has 20 heavy (non-hydrogen) atoms. The number of anilines is 1. The minimum absolute atomic E-state index is 0.563. The maximum atomic E-state index is 5.82. The van der Waals surface area contributed by atoms with E-state index in [1.807, 2.05) is 18.2 Å². The quantitative estimate of drug-likeness (QED) is 0.736. The number of aryl methyl sites for hydroxylation is 2. The molecule has 0 radical (unpaired) electrons. The predicted octanol–water partition coefficient (Wildman–Crippen LogP) is 2.31. The Kier molecular flexibility index (Phi) is 3.14. The van der Waals surface area contributed by atoms with Crippen LogP contribution in [0.3, 0.4) is 0 Å². The van der Waals surface area contributed by atoms with Crippen molar-refractivity contribution in [2.24, 2.45) is 0 Å². The molecule has 0 aliphatic rings. The highest BCUT2D eigenvalue weighted by Crippen LogP contribution is 2.21. The third-order valence-corrected chi connectivity index (χ3v) is 3.19. The first-order valence-electron chi connectivity index (χ1n) is 6.71. The first kappa shape index (κ1) is 12.7. The summed E-state index contributed by atoms with van der Waals surface area (Å²) in [6.45, 7) is 4.49. The van der Waals surface area contributed by atoms with Crippen molar-refractivity contribution in [3.63, 3.8) is 0 Å². The number of benzene rings is 1. The van der Waals surface area contributed by atoms with Crippen molar-refractivity contribution in [1.82, 2.24) is 19.7 Å². The molecule has 0 bridgehead atoms. The second-order valence-electron chi connectivity index (χ2n) is 4.84. The van der Waals surface area contributed by atoms with Crippen molar-refractivity contribution in [1.29, 1.82) is 0 Å². The van der Waals surface area contributed by atoms with Crippen LogP contribution in [-0.2, 0) is 13.0 Å². The molecule has 2 heterocycles. The van der Waals surface area contributed by atoms with Gasteiger partial charge in [0.2, 0.25) is 5.89 Å². The number of hydrogen-bond acceptors (Lipinski definition) is 5. The van der Waals surface area contributed by atoms with E-state index in [1.54, 1.807) is 6.92 Å². The molecule has 0 saturated heterocycles. The number of nitrogen functional groups attached to an aromatic ring is 1. The number of hydrogen-bond donors (Lipinski definition) is 1. The molecule has 0 spiro atoms. The first-order valence-corrected chi connectivity index (χ1v) is 6.71. The molecule has 3 aromatic rings. The fraction of sp³-hybridized carbons (Fsp3) is 0.357. The van der Waals surface area contributed by atoms with E-state index in [9.17, 15) is 0 Å². The average molecular weight is 271 g/mol. The van der Waals surface area contributed by atoms with Crippen molar-refractivity contribution in [2.45, 2.75) is 33.2 Å². The summed E-state index contributed by atoms with van der Waals surface area (Å²) in [5, 5.41) is 3.96. The molecular formula is C14H17N5O. The molecule has 0 unspecified atom stereocenters. The highest BCUT2D eigenvalue weighted by molar-refractivity contribution is 5.79. The van der Waals surface area contributed by atoms with Gasteiger partial charge in [-0.25, -0.2) is 4.98 Å². The minimum Gasteiger partial charge on any atom is -0.399 e. The first-order chi connectivity index (χ1) is 9.67. The van der Waals surface area contributed by atoms with Gasteiger partial charge in [-0.05, 0) is 24.6 Å². The Hall–Kier alpha value is -2.37. The van der Waals surface area contributed by atoms with Crippen LogP contribution in [0.25, 0.3) is 11.0 Å². The molecule has 104 valence electrons. The number of nitrogens with two attached hydrogens (primary N) is 1. The van der Waals surface area contributed by atoms with E-state index in [0.29, 0.717) is 18.3 Å². The lowest BCUT2D eigenvalue weighted by molar-refractivity contribution is 0.386. The van der Waals surface area contributed by atoms with Crippen LogP contribution in [0, 0.1) is 6.92 Å². The van der Waals surface area contributed by atoms with Gasteiger partial charge in [0.15, 0.2) is 5.82 Å². The summed E-state index contributed by atoms with van der Waals surface area (Å²) in [5.74, 6) is 2.26. The highest BCUT2D eigenvalue weighted by Gasteiger charge is 2.13. The summed E-state index contributed by atoms with van der Waals surface area (Å²) in [6.07, 6.45) is 1.94. The minimum atomic E-state index is 0.563. The standard InChI is InChI=1S/C14H17N5O/c1-3-4-14-17-11-7-10(15)5-6-12(11)19(14)8-13-16-9(2)20-18-13/h5-7H,3-4,8,15H2,1-2H3. The molecule has 0 aliphatic carbocycles. The predicted molar refractivity (Wildman–Crippen MR) is 76.3 cm³/mol. The van der Waals surface area contributed by atoms with Crippen molar-refractivity contribution in [3.05, 3.63) is 35.7 Å². The molecule has 0 fully saturated rings. The van der Waals surface area contributed by atoms with Gasteiger partial charge in [-0.15, -0.1) is 0 Å². The second kappa shape index (κ2) is 4.96. The van der Waals surface area contributed by atoms with Gasteiger partial charge in [0.25, 0.3) is 0 Å². The van der Waals surface area contributed by atoms with Crippen LogP contribution >= 0.6 is 0 Å². The molecule has 6 heteroatoms. The third kappa shape index (κ3) is 2.24. The second-order valence-corrected chi connectivity index (χ2v) is 4.84. The zero-order valence-corrected chi connectivity index (χ0v) is 11.6. The molecule has 6 nitrogen and oxygen atoms in total. The molecule has 0 aliphatic heterocycles. The van der Waals surface area contributed by atoms with Crippen molar-refractivity contribution in [3.8, 4) is 0 Å². The third-order valence-electron chi connectivity index (χ3n) is 3.19. The maximum Gasteiger partial charge on any atom is 0.223 e. The van der Waals surface area contributed by atoms with E-state index in [1.165, 1.54) is 0 Å². The lowest BCUT2D eigenvalue weighted by Gasteiger charge is -2.05. The molecule has 0 amide bonds. The number of fused-ring (bicyclic) bond motifs is 1. The Bertz CT molecular complexity index is 743. The molecule has 2 aromatic heterocycles. The van der Waals surface area contributed by atoms with E-state index in [4.69, 9.17) is 10.3 Å². The van der Waals surface area contributed by atoms with Gasteiger partial charge >= 0.3 is 0 Å². The Morgan fingerprint density at radius 3 is 2.85 bits per heavy atom. The highest BCUT2D eigenvalue weighted by atomic mass is 16.5. The van der Waals surface area contributed by atoms with Gasteiger partial charge in [0.1, 0.15) is 5.82 Å². The van der Waals surface area contributed by atoms with Gasteiger partial charge in [0, 0.05) is 19.0 Å². The monoisotopic (exact) mass is 271 g/mol. The zero-order chi connectivity index (χ0) is 14.1. The summed E-state index contributed by atoms with van der Waals surface area (Å²) < 4.78 is 7.16. The molecule has 0 saturated carbocycles. The average Bonchev–Trinajstić information content (AvgIpc) is 2.95. The van der Waals surface area contributed by atoms with Crippen LogP contribution in [0.15, 0.2) is 22.7 Å². The van der Waals surface area contributed by atoms with Gasteiger partial charge in [0.05, 0.1) is 17.6 Å². The van der Waals surface area contributed by atoms with E-state index >= 15 is 0 Å². The summed E-state index contributed by atoms with van der Waals surface area (Å²) in [6, 6.07) is 5.77. The van der Waals surface area contributed by atoms with Crippen LogP contribution in [0.4, 0.5) is 5.69 Å². The van der Waals surface area contributed by atoms with Gasteiger partial charge in [-0.2, -0.15) is 4.98 Å². The van der Waals surface area contributed by atoms with Crippen LogP contribution in [0.1, 0.15) is 30.9 Å². The van der Waals surface area contributed by atoms with E-state index in [0.717, 1.165) is 35.4 Å². The van der Waals surface area contributed by atoms with Gasteiger partial charge < -0.3 is 14.8 Å². The summed E-state index contributed by atoms with van der Waals surface area (Å²) in [7, 11) is 0. The van der Waals surface area contributed by atoms with Gasteiger partial charge in [-0.3, -0.25) is 0 Å². The normalized spacial score (nSPS) is 11.3. The Morgan fingerprint density at radius 1 is 1.30 bits per heavy atom. The fourth-order valence-electron chi connectivity index (χ4n) is 2.33. The van der Waals surface area contributed by atoms with E-state index < -0.39 is 0 Å². The van der Waals surface area contributed by atoms with Crippen molar-refractivity contribution in [2.75, 3.05) is 5.73 Å². The molecule has 1 aromatic carbocycles. The molecule has 2 N–H and O–H groups in total. The topological polar surface area (TPSA) is 82.8 Å². The van der Waals surface area contributed by atoms with Crippen molar-refractivity contribution < 1.29 is 4.52 Å². The number of rotatable bonds is 4. The maximum absolute atomic E-state index is 5.82. The summed E-state index contributed by atoms with van der Waals surface area (Å²) in [5.41, 5.74) is 8.50. The Labute approximate surface area is 116 Å². The number of aromatic nitrogens is 4. The van der Waals surface area contributed by atoms with Gasteiger partial charge in [-0.1, -0.05) is 12.1 Å². The van der Waals surface area contributed by atoms with Crippen LogP contribution in [0.2, 0.25) is 0 Å². The SMILES string of the molecule is CCCc1nc2cc(N)ccc2n1Cc1noc(C)n1. The molecule has 3 rings (SSSR count). The van der Waals surface area contributed by atoms with Crippen LogP contribution in [0.5, 0.6) is 0 Å². The fourth-order valence-corrected chi connectivity index (χ4v) is 2.33. The van der Waals surface area contributed by atoms with E-state index in [2.05, 4.69) is 26.6 Å². The lowest BCUT2D eigenvalue weighted by Crippen LogP contribution is -2.06. The molecular weight excluding hydrogens is 254 g/mol. The smallest absolute Gasteiger partial charge is 0.223 e. The zero-order valence-electron chi connectivity index (χ0n) is 11.6.